The predicted molar refractivity (Wildman–Crippen MR) is 128 cm³/mol. The number of ether oxygens (including phenoxy) is 2. The lowest BCUT2D eigenvalue weighted by molar-refractivity contribution is 0.102. The third-order valence-corrected chi connectivity index (χ3v) is 5.56. The zero-order valence-corrected chi connectivity index (χ0v) is 19.1. The van der Waals surface area contributed by atoms with Crippen LogP contribution in [0.5, 0.6) is 11.5 Å². The first kappa shape index (κ1) is 22.8. The first-order valence-corrected chi connectivity index (χ1v) is 10.7. The van der Waals surface area contributed by atoms with Gasteiger partial charge in [-0.1, -0.05) is 18.2 Å². The van der Waals surface area contributed by atoms with E-state index < -0.39 is 6.03 Å². The smallest absolute Gasteiger partial charge is 0.335 e. The van der Waals surface area contributed by atoms with Crippen LogP contribution >= 0.6 is 0 Å². The number of amides is 3. The number of fused-ring (bicyclic) bond motifs is 1. The number of hydrogen-bond donors (Lipinski definition) is 2. The SMILES string of the molecule is COc1cc2c(cc1OC)C(c1ccc(C(=O)Nc3ccccn3)cc1)=NN(C(N)=O)C(C)C2. The van der Waals surface area contributed by atoms with Gasteiger partial charge in [-0.2, -0.15) is 5.10 Å². The molecule has 0 aliphatic carbocycles. The van der Waals surface area contributed by atoms with Crippen molar-refractivity contribution in [1.29, 1.82) is 0 Å². The maximum atomic E-state index is 12.6. The quantitative estimate of drug-likeness (QED) is 0.606. The molecule has 4 rings (SSSR count). The molecular weight excluding hydrogens is 434 g/mol. The van der Waals surface area contributed by atoms with Crippen molar-refractivity contribution in [3.05, 3.63) is 83.0 Å². The van der Waals surface area contributed by atoms with Crippen molar-refractivity contribution in [3.63, 3.8) is 0 Å². The number of methoxy groups -OCH3 is 2. The van der Waals surface area contributed by atoms with Gasteiger partial charge in [-0.25, -0.2) is 14.8 Å². The summed E-state index contributed by atoms with van der Waals surface area (Å²) >= 11 is 0. The second-order valence-electron chi connectivity index (χ2n) is 7.80. The Labute approximate surface area is 197 Å². The highest BCUT2D eigenvalue weighted by molar-refractivity contribution is 6.15. The summed E-state index contributed by atoms with van der Waals surface area (Å²) in [7, 11) is 3.13. The van der Waals surface area contributed by atoms with Gasteiger partial charge in [0.15, 0.2) is 11.5 Å². The number of aromatic nitrogens is 1. The normalized spacial score (nSPS) is 15.0. The van der Waals surface area contributed by atoms with Gasteiger partial charge < -0.3 is 20.5 Å². The second kappa shape index (κ2) is 9.62. The van der Waals surface area contributed by atoms with Gasteiger partial charge in [0.25, 0.3) is 5.91 Å². The number of carbonyl (C=O) groups excluding carboxylic acids is 2. The van der Waals surface area contributed by atoms with Crippen molar-refractivity contribution < 1.29 is 19.1 Å². The van der Waals surface area contributed by atoms with E-state index in [9.17, 15) is 9.59 Å². The van der Waals surface area contributed by atoms with Gasteiger partial charge in [-0.3, -0.25) is 4.79 Å². The number of hydrazone groups is 1. The Morgan fingerprint density at radius 3 is 2.38 bits per heavy atom. The average Bonchev–Trinajstić information content (AvgIpc) is 2.99. The molecule has 1 aliphatic heterocycles. The molecule has 0 saturated heterocycles. The lowest BCUT2D eigenvalue weighted by Crippen LogP contribution is -2.39. The number of primary amides is 1. The fraction of sp³-hybridized carbons (Fsp3) is 0.200. The summed E-state index contributed by atoms with van der Waals surface area (Å²) in [6, 6.07) is 15.0. The molecule has 3 N–H and O–H groups in total. The van der Waals surface area contributed by atoms with Crippen LogP contribution in [0.15, 0.2) is 65.9 Å². The Balaban J connectivity index is 1.74. The molecule has 1 unspecified atom stereocenters. The molecule has 1 aliphatic rings. The van der Waals surface area contributed by atoms with Crippen LogP contribution in [0.2, 0.25) is 0 Å². The Morgan fingerprint density at radius 1 is 1.06 bits per heavy atom. The van der Waals surface area contributed by atoms with Gasteiger partial charge in [0.05, 0.1) is 26.0 Å². The zero-order valence-electron chi connectivity index (χ0n) is 19.1. The highest BCUT2D eigenvalue weighted by Gasteiger charge is 2.27. The Morgan fingerprint density at radius 2 is 1.76 bits per heavy atom. The third kappa shape index (κ3) is 4.54. The number of nitrogens with zero attached hydrogens (tertiary/aromatic N) is 3. The Bertz CT molecular complexity index is 1240. The minimum atomic E-state index is -0.650. The van der Waals surface area contributed by atoms with Crippen LogP contribution in [0.3, 0.4) is 0 Å². The van der Waals surface area contributed by atoms with Crippen LogP contribution in [0.4, 0.5) is 10.6 Å². The highest BCUT2D eigenvalue weighted by atomic mass is 16.5. The number of hydrogen-bond acceptors (Lipinski definition) is 6. The number of nitrogens with two attached hydrogens (primary N) is 1. The van der Waals surface area contributed by atoms with Crippen molar-refractivity contribution in [2.45, 2.75) is 19.4 Å². The zero-order chi connectivity index (χ0) is 24.2. The fourth-order valence-corrected chi connectivity index (χ4v) is 3.86. The molecule has 2 aromatic carbocycles. The van der Waals surface area contributed by atoms with Crippen molar-refractivity contribution in [2.75, 3.05) is 19.5 Å². The standard InChI is InChI=1S/C25H25N5O4/c1-15-12-18-13-20(33-2)21(34-3)14-19(18)23(29-30(15)25(26)32)16-7-9-17(10-8-16)24(31)28-22-6-4-5-11-27-22/h4-11,13-15H,12H2,1-3H3,(H2,26,32)(H,27,28,31). The Kier molecular flexibility index (Phi) is 6.44. The molecule has 0 bridgehead atoms. The molecule has 3 amide bonds. The van der Waals surface area contributed by atoms with Crippen molar-refractivity contribution in [1.82, 2.24) is 9.99 Å². The summed E-state index contributed by atoms with van der Waals surface area (Å²) in [5.74, 6) is 1.31. The van der Waals surface area contributed by atoms with E-state index in [2.05, 4.69) is 15.4 Å². The Hall–Kier alpha value is -4.40. The molecule has 3 aromatic rings. The van der Waals surface area contributed by atoms with E-state index in [1.54, 1.807) is 62.9 Å². The average molecular weight is 460 g/mol. The molecular formula is C25H25N5O4. The van der Waals surface area contributed by atoms with E-state index in [-0.39, 0.29) is 11.9 Å². The fourth-order valence-electron chi connectivity index (χ4n) is 3.86. The highest BCUT2D eigenvalue weighted by Crippen LogP contribution is 2.34. The number of nitrogens with one attached hydrogen (secondary N) is 1. The number of rotatable bonds is 5. The van der Waals surface area contributed by atoms with Crippen LogP contribution in [-0.4, -0.2) is 47.9 Å². The van der Waals surface area contributed by atoms with Gasteiger partial charge in [-0.15, -0.1) is 0 Å². The topological polar surface area (TPSA) is 119 Å². The summed E-state index contributed by atoms with van der Waals surface area (Å²) in [6.45, 7) is 1.88. The molecule has 0 fully saturated rings. The monoisotopic (exact) mass is 459 g/mol. The molecule has 0 saturated carbocycles. The molecule has 1 atom stereocenters. The predicted octanol–water partition coefficient (Wildman–Crippen LogP) is 3.43. The summed E-state index contributed by atoms with van der Waals surface area (Å²) in [5.41, 5.74) is 9.05. The molecule has 9 heteroatoms. The molecule has 34 heavy (non-hydrogen) atoms. The van der Waals surface area contributed by atoms with Gasteiger partial charge in [0, 0.05) is 22.9 Å². The first-order chi connectivity index (χ1) is 16.4. The van der Waals surface area contributed by atoms with Crippen LogP contribution in [0.1, 0.15) is 34.0 Å². The maximum absolute atomic E-state index is 12.6. The summed E-state index contributed by atoms with van der Waals surface area (Å²) in [4.78, 5) is 28.9. The van der Waals surface area contributed by atoms with Crippen molar-refractivity contribution in [2.24, 2.45) is 10.8 Å². The van der Waals surface area contributed by atoms with E-state index in [0.717, 1.165) is 11.1 Å². The minimum absolute atomic E-state index is 0.268. The van der Waals surface area contributed by atoms with Crippen LogP contribution < -0.4 is 20.5 Å². The number of pyridine rings is 1. The van der Waals surface area contributed by atoms with Crippen LogP contribution in [0, 0.1) is 0 Å². The summed E-state index contributed by atoms with van der Waals surface area (Å²) < 4.78 is 11.0. The maximum Gasteiger partial charge on any atom is 0.335 e. The molecule has 1 aromatic heterocycles. The van der Waals surface area contributed by atoms with Crippen molar-refractivity contribution >= 4 is 23.5 Å². The number of urea groups is 1. The third-order valence-electron chi connectivity index (χ3n) is 5.56. The second-order valence-corrected chi connectivity index (χ2v) is 7.80. The first-order valence-electron chi connectivity index (χ1n) is 10.7. The van der Waals surface area contributed by atoms with Gasteiger partial charge in [0.1, 0.15) is 5.82 Å². The van der Waals surface area contributed by atoms with E-state index >= 15 is 0 Å². The lowest BCUT2D eigenvalue weighted by Gasteiger charge is -2.20. The molecule has 9 nitrogen and oxygen atoms in total. The number of carbonyl (C=O) groups is 2. The summed E-state index contributed by atoms with van der Waals surface area (Å²) in [5, 5.41) is 8.64. The molecule has 2 heterocycles. The largest absolute Gasteiger partial charge is 0.493 e. The van der Waals surface area contributed by atoms with Crippen LogP contribution in [-0.2, 0) is 6.42 Å². The van der Waals surface area contributed by atoms with Gasteiger partial charge >= 0.3 is 6.03 Å². The van der Waals surface area contributed by atoms with E-state index in [4.69, 9.17) is 15.2 Å². The van der Waals surface area contributed by atoms with Gasteiger partial charge in [0.2, 0.25) is 0 Å². The molecule has 0 spiro atoms. The summed E-state index contributed by atoms with van der Waals surface area (Å²) in [6.07, 6.45) is 2.13. The lowest BCUT2D eigenvalue weighted by atomic mass is 9.93. The van der Waals surface area contributed by atoms with E-state index in [1.165, 1.54) is 5.01 Å². The van der Waals surface area contributed by atoms with E-state index in [0.29, 0.717) is 40.6 Å². The van der Waals surface area contributed by atoms with Crippen molar-refractivity contribution in [3.8, 4) is 11.5 Å². The van der Waals surface area contributed by atoms with Crippen LogP contribution in [0.25, 0.3) is 0 Å². The number of benzene rings is 2. The minimum Gasteiger partial charge on any atom is -0.493 e. The number of anilines is 1. The van der Waals surface area contributed by atoms with E-state index in [1.807, 2.05) is 19.1 Å². The molecule has 0 radical (unpaired) electrons. The van der Waals surface area contributed by atoms with Gasteiger partial charge in [-0.05, 0) is 55.3 Å². The molecule has 174 valence electrons.